The zero-order chi connectivity index (χ0) is 31.2. The first-order valence-corrected chi connectivity index (χ1v) is 15.9. The van der Waals surface area contributed by atoms with Crippen LogP contribution < -0.4 is 4.90 Å². The predicted molar refractivity (Wildman–Crippen MR) is 195 cm³/mol. The zero-order valence-electron chi connectivity index (χ0n) is 25.6. The Morgan fingerprint density at radius 1 is 0.319 bits per heavy atom. The van der Waals surface area contributed by atoms with Crippen molar-refractivity contribution in [2.45, 2.75) is 0 Å². The third-order valence-electron chi connectivity index (χ3n) is 9.24. The molecular formula is C44H29N3. The Hall–Kier alpha value is -6.32. The van der Waals surface area contributed by atoms with E-state index in [1.807, 2.05) is 49.1 Å². The highest BCUT2D eigenvalue weighted by Gasteiger charge is 2.22. The lowest BCUT2D eigenvalue weighted by molar-refractivity contribution is 1.28. The summed E-state index contributed by atoms with van der Waals surface area (Å²) < 4.78 is 0. The van der Waals surface area contributed by atoms with E-state index < -0.39 is 0 Å². The van der Waals surface area contributed by atoms with Gasteiger partial charge in [0.25, 0.3) is 0 Å². The van der Waals surface area contributed by atoms with Crippen LogP contribution in [0.3, 0.4) is 0 Å². The molecule has 220 valence electrons. The molecule has 1 aliphatic carbocycles. The van der Waals surface area contributed by atoms with Crippen molar-refractivity contribution < 1.29 is 0 Å². The summed E-state index contributed by atoms with van der Waals surface area (Å²) in [5, 5.41) is 2.62. The lowest BCUT2D eigenvalue weighted by Crippen LogP contribution is -2.10. The number of benzene rings is 6. The number of hydrogen-bond donors (Lipinski definition) is 0. The highest BCUT2D eigenvalue weighted by atomic mass is 15.1. The summed E-state index contributed by atoms with van der Waals surface area (Å²) in [6, 6.07) is 54.7. The van der Waals surface area contributed by atoms with Gasteiger partial charge in [-0.25, -0.2) is 0 Å². The van der Waals surface area contributed by atoms with E-state index in [4.69, 9.17) is 0 Å². The number of aromatic nitrogens is 2. The van der Waals surface area contributed by atoms with E-state index in [0.717, 1.165) is 39.3 Å². The van der Waals surface area contributed by atoms with Gasteiger partial charge >= 0.3 is 0 Å². The molecule has 6 aromatic carbocycles. The number of rotatable bonds is 6. The molecule has 0 N–H and O–H groups in total. The normalized spacial score (nSPS) is 11.4. The van der Waals surface area contributed by atoms with E-state index in [0.29, 0.717) is 0 Å². The van der Waals surface area contributed by atoms with Gasteiger partial charge in [-0.15, -0.1) is 0 Å². The minimum atomic E-state index is 1.09. The van der Waals surface area contributed by atoms with Crippen molar-refractivity contribution in [1.82, 2.24) is 9.97 Å². The molecule has 3 heteroatoms. The maximum Gasteiger partial charge on any atom is 0.0467 e. The summed E-state index contributed by atoms with van der Waals surface area (Å²) >= 11 is 0. The summed E-state index contributed by atoms with van der Waals surface area (Å²) in [6.45, 7) is 0. The third kappa shape index (κ3) is 4.68. The fourth-order valence-corrected chi connectivity index (χ4v) is 7.01. The van der Waals surface area contributed by atoms with Crippen molar-refractivity contribution in [2.75, 3.05) is 4.90 Å². The van der Waals surface area contributed by atoms with Crippen molar-refractivity contribution in [3.05, 3.63) is 176 Å². The van der Waals surface area contributed by atoms with E-state index in [9.17, 15) is 0 Å². The maximum absolute atomic E-state index is 4.19. The Morgan fingerprint density at radius 3 is 1.40 bits per heavy atom. The van der Waals surface area contributed by atoms with E-state index in [1.54, 1.807) is 0 Å². The molecule has 0 aliphatic heterocycles. The standard InChI is InChI=1S/C44H29N3/c1-2-8-40-39(7-1)42-10-4-9-41-38(19-20-43(40)44(41)42)34-5-3-6-37(29-34)47(35-15-11-30(12-16-35)32-21-25-45-26-22-32)36-17-13-31(14-18-36)33-23-27-46-28-24-33/h1-29H. The van der Waals surface area contributed by atoms with E-state index >= 15 is 0 Å². The molecule has 0 unspecified atom stereocenters. The molecule has 8 aromatic rings. The van der Waals surface area contributed by atoms with Gasteiger partial charge in [-0.05, 0) is 127 Å². The van der Waals surface area contributed by atoms with Gasteiger partial charge in [-0.3, -0.25) is 9.97 Å². The second-order valence-electron chi connectivity index (χ2n) is 11.9. The van der Waals surface area contributed by atoms with Crippen LogP contribution in [-0.4, -0.2) is 9.97 Å². The molecule has 47 heavy (non-hydrogen) atoms. The lowest BCUT2D eigenvalue weighted by atomic mass is 9.94. The molecule has 1 aliphatic rings. The summed E-state index contributed by atoms with van der Waals surface area (Å²) in [6.07, 6.45) is 7.35. The van der Waals surface area contributed by atoms with Crippen molar-refractivity contribution >= 4 is 27.8 Å². The second kappa shape index (κ2) is 11.2. The van der Waals surface area contributed by atoms with Crippen LogP contribution in [-0.2, 0) is 0 Å². The largest absolute Gasteiger partial charge is 0.310 e. The first kappa shape index (κ1) is 27.0. The van der Waals surface area contributed by atoms with Gasteiger partial charge in [0, 0.05) is 41.8 Å². The highest BCUT2D eigenvalue weighted by molar-refractivity contribution is 6.18. The quantitative estimate of drug-likeness (QED) is 0.190. The SMILES string of the molecule is c1cc(-c2ccc3c4c(cccc24)-c2ccccc2-3)cc(N(c2ccc(-c3ccncc3)cc2)c2ccc(-c3ccncc3)cc2)c1. The number of fused-ring (bicyclic) bond motifs is 3. The van der Waals surface area contributed by atoms with Crippen LogP contribution in [0.1, 0.15) is 0 Å². The molecule has 0 saturated carbocycles. The van der Waals surface area contributed by atoms with Crippen molar-refractivity contribution in [1.29, 1.82) is 0 Å². The third-order valence-corrected chi connectivity index (χ3v) is 9.24. The molecule has 2 aromatic heterocycles. The fraction of sp³-hybridized carbons (Fsp3) is 0. The van der Waals surface area contributed by atoms with Crippen LogP contribution in [0.4, 0.5) is 17.1 Å². The molecule has 0 radical (unpaired) electrons. The highest BCUT2D eigenvalue weighted by Crippen LogP contribution is 2.49. The van der Waals surface area contributed by atoms with Gasteiger partial charge in [0.2, 0.25) is 0 Å². The van der Waals surface area contributed by atoms with Gasteiger partial charge in [-0.1, -0.05) is 91.0 Å². The van der Waals surface area contributed by atoms with E-state index in [-0.39, 0.29) is 0 Å². The Labute approximate surface area is 274 Å². The smallest absolute Gasteiger partial charge is 0.0467 e. The monoisotopic (exact) mass is 599 g/mol. The number of pyridine rings is 2. The average Bonchev–Trinajstić information content (AvgIpc) is 3.48. The molecule has 0 fully saturated rings. The molecule has 0 amide bonds. The zero-order valence-corrected chi connectivity index (χ0v) is 25.6. The van der Waals surface area contributed by atoms with Crippen molar-refractivity contribution in [3.8, 4) is 55.6 Å². The Balaban J connectivity index is 1.16. The Kier molecular flexibility index (Phi) is 6.46. The minimum Gasteiger partial charge on any atom is -0.310 e. The van der Waals surface area contributed by atoms with Gasteiger partial charge < -0.3 is 4.90 Å². The van der Waals surface area contributed by atoms with E-state index in [1.165, 1.54) is 44.2 Å². The number of nitrogens with zero attached hydrogens (tertiary/aromatic N) is 3. The molecule has 3 nitrogen and oxygen atoms in total. The minimum absolute atomic E-state index is 1.09. The number of anilines is 3. The maximum atomic E-state index is 4.19. The van der Waals surface area contributed by atoms with Gasteiger partial charge in [-0.2, -0.15) is 0 Å². The fourth-order valence-electron chi connectivity index (χ4n) is 7.01. The first-order chi connectivity index (χ1) is 23.3. The van der Waals surface area contributed by atoms with Gasteiger partial charge in [0.05, 0.1) is 0 Å². The van der Waals surface area contributed by atoms with Crippen molar-refractivity contribution in [3.63, 3.8) is 0 Å². The molecule has 9 rings (SSSR count). The molecule has 0 saturated heterocycles. The summed E-state index contributed by atoms with van der Waals surface area (Å²) in [5.74, 6) is 0. The Bertz CT molecular complexity index is 2270. The average molecular weight is 600 g/mol. The summed E-state index contributed by atoms with van der Waals surface area (Å²) in [7, 11) is 0. The van der Waals surface area contributed by atoms with Crippen LogP contribution in [0.15, 0.2) is 176 Å². The van der Waals surface area contributed by atoms with Crippen molar-refractivity contribution in [2.24, 2.45) is 0 Å². The molecule has 2 heterocycles. The summed E-state index contributed by atoms with van der Waals surface area (Å²) in [4.78, 5) is 10.7. The van der Waals surface area contributed by atoms with Gasteiger partial charge in [0.15, 0.2) is 0 Å². The first-order valence-electron chi connectivity index (χ1n) is 15.9. The van der Waals surface area contributed by atoms with Crippen LogP contribution in [0.5, 0.6) is 0 Å². The topological polar surface area (TPSA) is 29.0 Å². The Morgan fingerprint density at radius 2 is 0.809 bits per heavy atom. The van der Waals surface area contributed by atoms with Crippen LogP contribution in [0, 0.1) is 0 Å². The second-order valence-corrected chi connectivity index (χ2v) is 11.9. The number of hydrogen-bond acceptors (Lipinski definition) is 3. The molecule has 0 bridgehead atoms. The summed E-state index contributed by atoms with van der Waals surface area (Å²) in [5.41, 5.74) is 15.6. The lowest BCUT2D eigenvalue weighted by Gasteiger charge is -2.26. The van der Waals surface area contributed by atoms with E-state index in [2.05, 4.69) is 142 Å². The van der Waals surface area contributed by atoms with Crippen LogP contribution in [0.25, 0.3) is 66.4 Å². The predicted octanol–water partition coefficient (Wildman–Crippen LogP) is 11.7. The van der Waals surface area contributed by atoms with Gasteiger partial charge in [0.1, 0.15) is 0 Å². The van der Waals surface area contributed by atoms with Crippen LogP contribution >= 0.6 is 0 Å². The molecule has 0 atom stereocenters. The van der Waals surface area contributed by atoms with Crippen LogP contribution in [0.2, 0.25) is 0 Å². The molecule has 0 spiro atoms. The molecular weight excluding hydrogens is 571 g/mol.